The molecule has 0 aliphatic carbocycles. The number of fused-ring (bicyclic) bond motifs is 2. The van der Waals surface area contributed by atoms with Crippen molar-refractivity contribution in [3.8, 4) is 0 Å². The predicted octanol–water partition coefficient (Wildman–Crippen LogP) is 1.53. The van der Waals surface area contributed by atoms with Crippen molar-refractivity contribution in [3.05, 3.63) is 46.7 Å². The Bertz CT molecular complexity index is 781. The molecule has 0 bridgehead atoms. The summed E-state index contributed by atoms with van der Waals surface area (Å²) in [4.78, 5) is 16.7. The Hall–Kier alpha value is -2.25. The van der Waals surface area contributed by atoms with Crippen LogP contribution in [0.25, 0.3) is 10.2 Å². The van der Waals surface area contributed by atoms with Crippen LogP contribution in [0.3, 0.4) is 0 Å². The minimum atomic E-state index is -0.152. The summed E-state index contributed by atoms with van der Waals surface area (Å²) in [6.07, 6.45) is 0. The third-order valence-electron chi connectivity index (χ3n) is 3.64. The second-order valence-electron chi connectivity index (χ2n) is 5.18. The smallest absolute Gasteiger partial charge is 0.272 e. The van der Waals surface area contributed by atoms with Gasteiger partial charge in [0.1, 0.15) is 5.01 Å². The number of thiazole rings is 1. The third kappa shape index (κ3) is 2.49. The molecule has 0 spiro atoms. The second kappa shape index (κ2) is 5.51. The van der Waals surface area contributed by atoms with E-state index in [2.05, 4.69) is 20.7 Å². The lowest BCUT2D eigenvalue weighted by Gasteiger charge is -2.13. The summed E-state index contributed by atoms with van der Waals surface area (Å²) in [6.45, 7) is 2.89. The molecule has 6 nitrogen and oxygen atoms in total. The van der Waals surface area contributed by atoms with E-state index in [0.717, 1.165) is 40.6 Å². The SMILES string of the molecule is O=C(NCc1nc2ccccc2s1)c1cc2n(n1)CCNC2. The van der Waals surface area contributed by atoms with Crippen LogP contribution in [0, 0.1) is 0 Å². The summed E-state index contributed by atoms with van der Waals surface area (Å²) in [5.74, 6) is -0.152. The molecule has 3 heterocycles. The van der Waals surface area contributed by atoms with Gasteiger partial charge >= 0.3 is 0 Å². The molecule has 0 unspecified atom stereocenters. The Kier molecular flexibility index (Phi) is 3.36. The molecule has 0 fully saturated rings. The summed E-state index contributed by atoms with van der Waals surface area (Å²) in [6, 6.07) is 9.82. The Morgan fingerprint density at radius 2 is 2.32 bits per heavy atom. The van der Waals surface area contributed by atoms with Crippen molar-refractivity contribution in [2.75, 3.05) is 6.54 Å². The molecular formula is C15H15N5OS. The second-order valence-corrected chi connectivity index (χ2v) is 6.29. The summed E-state index contributed by atoms with van der Waals surface area (Å²) in [5, 5.41) is 11.4. The minimum Gasteiger partial charge on any atom is -0.344 e. The van der Waals surface area contributed by atoms with Gasteiger partial charge in [0.15, 0.2) is 5.69 Å². The highest BCUT2D eigenvalue weighted by Crippen LogP contribution is 2.21. The van der Waals surface area contributed by atoms with Crippen molar-refractivity contribution >= 4 is 27.5 Å². The first-order valence-corrected chi connectivity index (χ1v) is 8.01. The fourth-order valence-electron chi connectivity index (χ4n) is 2.55. The fourth-order valence-corrected chi connectivity index (χ4v) is 3.45. The number of nitrogens with one attached hydrogen (secondary N) is 2. The van der Waals surface area contributed by atoms with E-state index >= 15 is 0 Å². The molecule has 1 aliphatic heterocycles. The number of hydrogen-bond donors (Lipinski definition) is 2. The van der Waals surface area contributed by atoms with Crippen LogP contribution in [-0.4, -0.2) is 27.2 Å². The average Bonchev–Trinajstić information content (AvgIpc) is 3.15. The number of amides is 1. The van der Waals surface area contributed by atoms with Crippen LogP contribution >= 0.6 is 11.3 Å². The van der Waals surface area contributed by atoms with Crippen LogP contribution in [0.2, 0.25) is 0 Å². The number of nitrogens with zero attached hydrogens (tertiary/aromatic N) is 3. The van der Waals surface area contributed by atoms with Crippen LogP contribution in [0.4, 0.5) is 0 Å². The lowest BCUT2D eigenvalue weighted by molar-refractivity contribution is 0.0945. The topological polar surface area (TPSA) is 71.8 Å². The van der Waals surface area contributed by atoms with Gasteiger partial charge in [0.25, 0.3) is 5.91 Å². The summed E-state index contributed by atoms with van der Waals surface area (Å²) in [5.41, 5.74) is 2.50. The third-order valence-corrected chi connectivity index (χ3v) is 4.68. The summed E-state index contributed by atoms with van der Waals surface area (Å²) >= 11 is 1.60. The normalized spacial score (nSPS) is 14.0. The Morgan fingerprint density at radius 3 is 3.18 bits per heavy atom. The maximum Gasteiger partial charge on any atom is 0.272 e. The molecule has 1 aromatic carbocycles. The van der Waals surface area contributed by atoms with Gasteiger partial charge in [-0.1, -0.05) is 12.1 Å². The van der Waals surface area contributed by atoms with Gasteiger partial charge in [-0.3, -0.25) is 9.48 Å². The molecule has 2 aromatic heterocycles. The largest absolute Gasteiger partial charge is 0.344 e. The number of rotatable bonds is 3. The highest BCUT2D eigenvalue weighted by molar-refractivity contribution is 7.18. The van der Waals surface area contributed by atoms with Gasteiger partial charge in [-0.15, -0.1) is 11.3 Å². The van der Waals surface area contributed by atoms with E-state index in [9.17, 15) is 4.79 Å². The zero-order valence-corrected chi connectivity index (χ0v) is 12.7. The van der Waals surface area contributed by atoms with Gasteiger partial charge in [-0.25, -0.2) is 4.98 Å². The molecule has 7 heteroatoms. The van der Waals surface area contributed by atoms with E-state index < -0.39 is 0 Å². The first-order valence-electron chi connectivity index (χ1n) is 7.20. The minimum absolute atomic E-state index is 0.152. The van der Waals surface area contributed by atoms with Crippen molar-refractivity contribution in [3.63, 3.8) is 0 Å². The molecule has 0 radical (unpaired) electrons. The lowest BCUT2D eigenvalue weighted by Crippen LogP contribution is -2.28. The zero-order valence-electron chi connectivity index (χ0n) is 11.9. The van der Waals surface area contributed by atoms with E-state index in [1.165, 1.54) is 0 Å². The van der Waals surface area contributed by atoms with Crippen LogP contribution in [0.5, 0.6) is 0 Å². The van der Waals surface area contributed by atoms with Crippen LogP contribution in [0.1, 0.15) is 21.2 Å². The number of para-hydroxylation sites is 1. The maximum absolute atomic E-state index is 12.2. The van der Waals surface area contributed by atoms with Crippen molar-refractivity contribution < 1.29 is 4.79 Å². The molecule has 2 N–H and O–H groups in total. The Balaban J connectivity index is 1.46. The number of aromatic nitrogens is 3. The number of carbonyl (C=O) groups is 1. The number of carbonyl (C=O) groups excluding carboxylic acids is 1. The standard InChI is InChI=1S/C15H15N5OS/c21-15(12-7-10-8-16-5-6-20(10)19-12)17-9-14-18-11-3-1-2-4-13(11)22-14/h1-4,7,16H,5-6,8-9H2,(H,17,21). The van der Waals surface area contributed by atoms with Crippen molar-refractivity contribution in [1.29, 1.82) is 0 Å². The number of hydrogen-bond acceptors (Lipinski definition) is 5. The van der Waals surface area contributed by atoms with E-state index in [0.29, 0.717) is 12.2 Å². The first-order chi connectivity index (χ1) is 10.8. The van der Waals surface area contributed by atoms with Crippen LogP contribution in [-0.2, 0) is 19.6 Å². The van der Waals surface area contributed by atoms with E-state index in [4.69, 9.17) is 0 Å². The monoisotopic (exact) mass is 313 g/mol. The van der Waals surface area contributed by atoms with E-state index in [-0.39, 0.29) is 5.91 Å². The van der Waals surface area contributed by atoms with E-state index in [1.807, 2.05) is 35.0 Å². The zero-order chi connectivity index (χ0) is 14.9. The van der Waals surface area contributed by atoms with Gasteiger partial charge in [-0.2, -0.15) is 5.10 Å². The summed E-state index contributed by atoms with van der Waals surface area (Å²) < 4.78 is 3.03. The molecule has 0 atom stereocenters. The van der Waals surface area contributed by atoms with Gasteiger partial charge in [0.2, 0.25) is 0 Å². The van der Waals surface area contributed by atoms with Gasteiger partial charge in [-0.05, 0) is 18.2 Å². The lowest BCUT2D eigenvalue weighted by atomic mass is 10.3. The number of benzene rings is 1. The molecule has 22 heavy (non-hydrogen) atoms. The summed E-state index contributed by atoms with van der Waals surface area (Å²) in [7, 11) is 0. The highest BCUT2D eigenvalue weighted by atomic mass is 32.1. The Morgan fingerprint density at radius 1 is 1.41 bits per heavy atom. The molecule has 0 saturated carbocycles. The van der Waals surface area contributed by atoms with Crippen molar-refractivity contribution in [2.45, 2.75) is 19.6 Å². The molecule has 0 saturated heterocycles. The first kappa shape index (κ1) is 13.4. The van der Waals surface area contributed by atoms with Crippen LogP contribution in [0.15, 0.2) is 30.3 Å². The van der Waals surface area contributed by atoms with E-state index in [1.54, 1.807) is 11.3 Å². The molecular weight excluding hydrogens is 298 g/mol. The van der Waals surface area contributed by atoms with Gasteiger partial charge < -0.3 is 10.6 Å². The molecule has 4 rings (SSSR count). The van der Waals surface area contributed by atoms with Gasteiger partial charge in [0.05, 0.1) is 29.0 Å². The van der Waals surface area contributed by atoms with Crippen molar-refractivity contribution in [1.82, 2.24) is 25.4 Å². The molecule has 1 aliphatic rings. The molecule has 3 aromatic rings. The molecule has 112 valence electrons. The van der Waals surface area contributed by atoms with Gasteiger partial charge in [0, 0.05) is 13.1 Å². The fraction of sp³-hybridized carbons (Fsp3) is 0.267. The maximum atomic E-state index is 12.2. The highest BCUT2D eigenvalue weighted by Gasteiger charge is 2.16. The predicted molar refractivity (Wildman–Crippen MR) is 84.7 cm³/mol. The quantitative estimate of drug-likeness (QED) is 0.769. The van der Waals surface area contributed by atoms with Crippen molar-refractivity contribution in [2.24, 2.45) is 0 Å². The Labute approximate surface area is 131 Å². The molecule has 1 amide bonds. The van der Waals surface area contributed by atoms with Crippen LogP contribution < -0.4 is 10.6 Å². The average molecular weight is 313 g/mol.